The number of fused-ring (bicyclic) bond motifs is 1. The molecule has 0 aliphatic carbocycles. The SMILES string of the molecule is CC(=O)c1ccc2c(c1)c(CC(=O)NCc1ccc(C)cc1)c(C)n2C(=O)c1ccc(Cl)cc1. The average Bonchev–Trinajstić information content (AvgIpc) is 3.09. The molecule has 0 spiro atoms. The fraction of sp³-hybridized carbons (Fsp3) is 0.179. The van der Waals surface area contributed by atoms with Gasteiger partial charge in [0.05, 0.1) is 11.9 Å². The number of rotatable bonds is 6. The molecule has 3 aromatic carbocycles. The van der Waals surface area contributed by atoms with E-state index in [1.54, 1.807) is 47.0 Å². The van der Waals surface area contributed by atoms with E-state index in [1.165, 1.54) is 6.92 Å². The van der Waals surface area contributed by atoms with E-state index in [4.69, 9.17) is 11.6 Å². The van der Waals surface area contributed by atoms with Crippen molar-refractivity contribution in [2.75, 3.05) is 0 Å². The molecule has 1 amide bonds. The highest BCUT2D eigenvalue weighted by Gasteiger charge is 2.22. The van der Waals surface area contributed by atoms with Crippen LogP contribution in [0.15, 0.2) is 66.7 Å². The van der Waals surface area contributed by atoms with Crippen LogP contribution in [0.4, 0.5) is 0 Å². The van der Waals surface area contributed by atoms with Crippen molar-refractivity contribution in [3.63, 3.8) is 0 Å². The third-order valence-corrected chi connectivity index (χ3v) is 6.24. The van der Waals surface area contributed by atoms with E-state index in [1.807, 2.05) is 38.1 Å². The molecule has 0 radical (unpaired) electrons. The van der Waals surface area contributed by atoms with Crippen molar-refractivity contribution in [2.24, 2.45) is 0 Å². The maximum atomic E-state index is 13.4. The molecule has 6 heteroatoms. The van der Waals surface area contributed by atoms with Gasteiger partial charge in [-0.1, -0.05) is 41.4 Å². The second kappa shape index (κ2) is 9.65. The van der Waals surface area contributed by atoms with E-state index in [0.29, 0.717) is 33.9 Å². The highest BCUT2D eigenvalue weighted by molar-refractivity contribution is 6.30. The summed E-state index contributed by atoms with van der Waals surface area (Å²) in [5, 5.41) is 4.22. The van der Waals surface area contributed by atoms with Gasteiger partial charge >= 0.3 is 0 Å². The molecule has 172 valence electrons. The van der Waals surface area contributed by atoms with Crippen molar-refractivity contribution in [2.45, 2.75) is 33.7 Å². The van der Waals surface area contributed by atoms with Crippen molar-refractivity contribution in [1.82, 2.24) is 9.88 Å². The van der Waals surface area contributed by atoms with Gasteiger partial charge in [-0.3, -0.25) is 19.0 Å². The highest BCUT2D eigenvalue weighted by Crippen LogP contribution is 2.29. The lowest BCUT2D eigenvalue weighted by Gasteiger charge is -2.09. The molecule has 0 saturated heterocycles. The number of amides is 1. The number of carbonyl (C=O) groups is 3. The first-order chi connectivity index (χ1) is 16.2. The number of nitrogens with one attached hydrogen (secondary N) is 1. The van der Waals surface area contributed by atoms with Crippen LogP contribution in [0.2, 0.25) is 5.02 Å². The van der Waals surface area contributed by atoms with Crippen LogP contribution in [0, 0.1) is 13.8 Å². The van der Waals surface area contributed by atoms with Gasteiger partial charge in [0.2, 0.25) is 5.91 Å². The molecule has 0 fully saturated rings. The molecule has 4 aromatic rings. The Morgan fingerprint density at radius 1 is 0.882 bits per heavy atom. The number of nitrogens with zero attached hydrogens (tertiary/aromatic N) is 1. The van der Waals surface area contributed by atoms with E-state index in [2.05, 4.69) is 5.32 Å². The van der Waals surface area contributed by atoms with Crippen LogP contribution in [0.25, 0.3) is 10.9 Å². The number of ketones is 1. The number of aromatic nitrogens is 1. The van der Waals surface area contributed by atoms with E-state index in [-0.39, 0.29) is 24.0 Å². The standard InChI is InChI=1S/C28H25ClN2O3/c1-17-4-6-20(7-5-17)16-30-27(33)15-24-18(2)31(28(34)21-8-11-23(29)12-9-21)26-13-10-22(19(3)32)14-25(24)26/h4-14H,15-16H2,1-3H3,(H,30,33). The number of Topliss-reactive ketones (excluding diaryl/α,β-unsaturated/α-hetero) is 1. The number of hydrogen-bond acceptors (Lipinski definition) is 3. The topological polar surface area (TPSA) is 68.2 Å². The number of halogens is 1. The number of aryl methyl sites for hydroxylation is 1. The first kappa shape index (κ1) is 23.5. The van der Waals surface area contributed by atoms with Gasteiger partial charge in [-0.15, -0.1) is 0 Å². The Kier molecular flexibility index (Phi) is 6.66. The van der Waals surface area contributed by atoms with Crippen LogP contribution >= 0.6 is 11.6 Å². The molecule has 0 aliphatic heterocycles. The lowest BCUT2D eigenvalue weighted by atomic mass is 10.0. The first-order valence-electron chi connectivity index (χ1n) is 11.0. The van der Waals surface area contributed by atoms with Crippen molar-refractivity contribution in [3.8, 4) is 0 Å². The summed E-state index contributed by atoms with van der Waals surface area (Å²) in [6.45, 7) is 5.75. The van der Waals surface area contributed by atoms with Gasteiger partial charge < -0.3 is 5.32 Å². The van der Waals surface area contributed by atoms with Gasteiger partial charge in [-0.25, -0.2) is 0 Å². The smallest absolute Gasteiger partial charge is 0.262 e. The van der Waals surface area contributed by atoms with E-state index in [9.17, 15) is 14.4 Å². The fourth-order valence-electron chi connectivity index (χ4n) is 4.04. The number of benzene rings is 3. The summed E-state index contributed by atoms with van der Waals surface area (Å²) >= 11 is 5.98. The number of carbonyl (C=O) groups excluding carboxylic acids is 3. The molecule has 0 atom stereocenters. The lowest BCUT2D eigenvalue weighted by Crippen LogP contribution is -2.25. The molecule has 0 aliphatic rings. The Morgan fingerprint density at radius 3 is 2.18 bits per heavy atom. The molecule has 0 unspecified atom stereocenters. The monoisotopic (exact) mass is 472 g/mol. The molecule has 0 bridgehead atoms. The van der Waals surface area contributed by atoms with Crippen LogP contribution in [0.5, 0.6) is 0 Å². The van der Waals surface area contributed by atoms with Gasteiger partial charge in [-0.05, 0) is 74.4 Å². The molecule has 5 nitrogen and oxygen atoms in total. The zero-order valence-electron chi connectivity index (χ0n) is 19.3. The Balaban J connectivity index is 1.70. The van der Waals surface area contributed by atoms with Crippen LogP contribution in [0.3, 0.4) is 0 Å². The third kappa shape index (κ3) is 4.80. The minimum Gasteiger partial charge on any atom is -0.352 e. The summed E-state index contributed by atoms with van der Waals surface area (Å²) in [4.78, 5) is 38.3. The predicted molar refractivity (Wildman–Crippen MR) is 135 cm³/mol. The van der Waals surface area contributed by atoms with Gasteiger partial charge in [-0.2, -0.15) is 0 Å². The van der Waals surface area contributed by atoms with E-state index >= 15 is 0 Å². The Bertz CT molecular complexity index is 1400. The predicted octanol–water partition coefficient (Wildman–Crippen LogP) is 5.66. The minimum atomic E-state index is -0.221. The molecule has 1 heterocycles. The van der Waals surface area contributed by atoms with Crippen LogP contribution in [0.1, 0.15) is 50.0 Å². The summed E-state index contributed by atoms with van der Waals surface area (Å²) in [5.41, 5.74) is 5.23. The Hall–Kier alpha value is -3.70. The second-order valence-electron chi connectivity index (χ2n) is 8.44. The van der Waals surface area contributed by atoms with E-state index in [0.717, 1.165) is 22.1 Å². The summed E-state index contributed by atoms with van der Waals surface area (Å²) < 4.78 is 1.60. The maximum Gasteiger partial charge on any atom is 0.262 e. The summed E-state index contributed by atoms with van der Waals surface area (Å²) in [7, 11) is 0. The van der Waals surface area contributed by atoms with Crippen molar-refractivity contribution in [1.29, 1.82) is 0 Å². The second-order valence-corrected chi connectivity index (χ2v) is 8.88. The maximum absolute atomic E-state index is 13.4. The van der Waals surface area contributed by atoms with Crippen LogP contribution in [-0.2, 0) is 17.8 Å². The Morgan fingerprint density at radius 2 is 1.53 bits per heavy atom. The molecule has 1 N–H and O–H groups in total. The normalized spacial score (nSPS) is 10.9. The molecule has 1 aromatic heterocycles. The molecule has 4 rings (SSSR count). The average molecular weight is 473 g/mol. The largest absolute Gasteiger partial charge is 0.352 e. The Labute approximate surface area is 203 Å². The van der Waals surface area contributed by atoms with Gasteiger partial charge in [0.25, 0.3) is 5.91 Å². The van der Waals surface area contributed by atoms with Crippen molar-refractivity contribution >= 4 is 40.1 Å². The van der Waals surface area contributed by atoms with Crippen molar-refractivity contribution in [3.05, 3.63) is 105 Å². The van der Waals surface area contributed by atoms with Crippen LogP contribution < -0.4 is 5.32 Å². The van der Waals surface area contributed by atoms with Crippen molar-refractivity contribution < 1.29 is 14.4 Å². The molecular formula is C28H25ClN2O3. The third-order valence-electron chi connectivity index (χ3n) is 5.98. The quantitative estimate of drug-likeness (QED) is 0.368. The van der Waals surface area contributed by atoms with Crippen LogP contribution in [-0.4, -0.2) is 22.2 Å². The highest BCUT2D eigenvalue weighted by atomic mass is 35.5. The molecular weight excluding hydrogens is 448 g/mol. The minimum absolute atomic E-state index is 0.0777. The van der Waals surface area contributed by atoms with Gasteiger partial charge in [0, 0.05) is 33.8 Å². The van der Waals surface area contributed by atoms with E-state index < -0.39 is 0 Å². The molecule has 34 heavy (non-hydrogen) atoms. The molecule has 0 saturated carbocycles. The summed E-state index contributed by atoms with van der Waals surface area (Å²) in [6.07, 6.45) is 0.0937. The first-order valence-corrected chi connectivity index (χ1v) is 11.4. The summed E-state index contributed by atoms with van der Waals surface area (Å²) in [5.74, 6) is -0.456. The zero-order chi connectivity index (χ0) is 24.4. The number of hydrogen-bond donors (Lipinski definition) is 1. The van der Waals surface area contributed by atoms with Gasteiger partial charge in [0.1, 0.15) is 0 Å². The summed E-state index contributed by atoms with van der Waals surface area (Å²) in [6, 6.07) is 19.9. The van der Waals surface area contributed by atoms with Gasteiger partial charge in [0.15, 0.2) is 5.78 Å². The lowest BCUT2D eigenvalue weighted by molar-refractivity contribution is -0.120. The zero-order valence-corrected chi connectivity index (χ0v) is 20.1. The fourth-order valence-corrected chi connectivity index (χ4v) is 4.16.